The highest BCUT2D eigenvalue weighted by atomic mass is 16.5. The summed E-state index contributed by atoms with van der Waals surface area (Å²) in [6.07, 6.45) is 10.1. The number of hydroxylamine groups is 1. The van der Waals surface area contributed by atoms with Crippen molar-refractivity contribution in [1.82, 2.24) is 10.8 Å². The van der Waals surface area contributed by atoms with Crippen molar-refractivity contribution in [2.45, 2.75) is 58.4 Å². The van der Waals surface area contributed by atoms with Crippen molar-refractivity contribution >= 4 is 5.91 Å². The van der Waals surface area contributed by atoms with Gasteiger partial charge in [0.25, 0.3) is 5.91 Å². The summed E-state index contributed by atoms with van der Waals surface area (Å²) in [5.74, 6) is 3.27. The number of hydrogen-bond donors (Lipinski definition) is 3. The molecule has 0 spiro atoms. The molecule has 1 unspecified atom stereocenters. The van der Waals surface area contributed by atoms with E-state index in [0.717, 1.165) is 35.8 Å². The van der Waals surface area contributed by atoms with E-state index < -0.39 is 5.91 Å². The third-order valence-electron chi connectivity index (χ3n) is 7.51. The summed E-state index contributed by atoms with van der Waals surface area (Å²) in [5, 5.41) is 12.6. The molecule has 0 saturated heterocycles. The molecule has 0 aliphatic heterocycles. The fraction of sp³-hybridized carbons (Fsp3) is 0.682. The predicted octanol–water partition coefficient (Wildman–Crippen LogP) is 4.14. The Morgan fingerprint density at radius 3 is 2.35 bits per heavy atom. The lowest BCUT2D eigenvalue weighted by molar-refractivity contribution is -0.0875. The fourth-order valence-electron chi connectivity index (χ4n) is 6.81. The Morgan fingerprint density at radius 1 is 1.15 bits per heavy atom. The second kappa shape index (κ2) is 7.32. The van der Waals surface area contributed by atoms with Gasteiger partial charge in [-0.3, -0.25) is 10.0 Å². The Balaban J connectivity index is 1.41. The Kier molecular flexibility index (Phi) is 5.07. The summed E-state index contributed by atoms with van der Waals surface area (Å²) >= 11 is 0. The topological polar surface area (TPSA) is 61.4 Å². The number of rotatable bonds is 7. The van der Waals surface area contributed by atoms with Crippen LogP contribution in [0.15, 0.2) is 24.3 Å². The second-order valence-corrected chi connectivity index (χ2v) is 9.11. The van der Waals surface area contributed by atoms with Gasteiger partial charge in [0.05, 0.1) is 0 Å². The molecule has 4 aliphatic carbocycles. The number of nitrogens with one attached hydrogen (secondary N) is 2. The molecule has 4 aliphatic rings. The van der Waals surface area contributed by atoms with Crippen molar-refractivity contribution in [3.8, 4) is 0 Å². The molecule has 0 radical (unpaired) electrons. The summed E-state index contributed by atoms with van der Waals surface area (Å²) in [5.41, 5.74) is 3.81. The summed E-state index contributed by atoms with van der Waals surface area (Å²) in [4.78, 5) is 11.8. The maximum absolute atomic E-state index is 11.8. The SMILES string of the molecule is CCC(CNCc1ccccc1C(=O)NO)C12CC3CC(CC(C3)C1)C2. The monoisotopic (exact) mass is 356 g/mol. The van der Waals surface area contributed by atoms with Crippen LogP contribution in [-0.4, -0.2) is 17.7 Å². The van der Waals surface area contributed by atoms with Crippen molar-refractivity contribution in [3.05, 3.63) is 35.4 Å². The minimum absolute atomic E-state index is 0.435. The van der Waals surface area contributed by atoms with E-state index in [1.54, 1.807) is 11.5 Å². The first-order valence-corrected chi connectivity index (χ1v) is 10.4. The molecule has 0 heterocycles. The van der Waals surface area contributed by atoms with Crippen LogP contribution in [0, 0.1) is 29.1 Å². The van der Waals surface area contributed by atoms with Crippen molar-refractivity contribution in [3.63, 3.8) is 0 Å². The molecule has 5 rings (SSSR count). The van der Waals surface area contributed by atoms with E-state index in [-0.39, 0.29) is 0 Å². The van der Waals surface area contributed by atoms with E-state index in [1.807, 2.05) is 18.2 Å². The molecule has 26 heavy (non-hydrogen) atoms. The molecule has 1 amide bonds. The Labute approximate surface area is 156 Å². The quantitative estimate of drug-likeness (QED) is 0.508. The lowest BCUT2D eigenvalue weighted by Crippen LogP contribution is -2.51. The van der Waals surface area contributed by atoms with Crippen LogP contribution < -0.4 is 10.8 Å². The van der Waals surface area contributed by atoms with Gasteiger partial charge in [-0.2, -0.15) is 0 Å². The minimum atomic E-state index is -0.435. The van der Waals surface area contributed by atoms with Gasteiger partial charge >= 0.3 is 0 Å². The minimum Gasteiger partial charge on any atom is -0.312 e. The molecule has 4 fully saturated rings. The van der Waals surface area contributed by atoms with E-state index in [1.165, 1.54) is 44.9 Å². The number of carbonyl (C=O) groups excluding carboxylic acids is 1. The molecule has 4 saturated carbocycles. The summed E-state index contributed by atoms with van der Waals surface area (Å²) in [6, 6.07) is 7.50. The smallest absolute Gasteiger partial charge is 0.274 e. The van der Waals surface area contributed by atoms with Crippen LogP contribution in [-0.2, 0) is 6.54 Å². The van der Waals surface area contributed by atoms with Gasteiger partial charge in [-0.25, -0.2) is 5.48 Å². The molecule has 1 aromatic rings. The van der Waals surface area contributed by atoms with E-state index in [4.69, 9.17) is 5.21 Å². The molecule has 142 valence electrons. The Hall–Kier alpha value is -1.39. The van der Waals surface area contributed by atoms with Gasteiger partial charge in [0.2, 0.25) is 0 Å². The van der Waals surface area contributed by atoms with E-state index in [0.29, 0.717) is 17.5 Å². The summed E-state index contributed by atoms with van der Waals surface area (Å²) in [7, 11) is 0. The first-order valence-electron chi connectivity index (χ1n) is 10.4. The van der Waals surface area contributed by atoms with Gasteiger partial charge in [0.15, 0.2) is 0 Å². The number of benzene rings is 1. The van der Waals surface area contributed by atoms with E-state index in [9.17, 15) is 4.79 Å². The first kappa shape index (κ1) is 18.0. The van der Waals surface area contributed by atoms with Crippen molar-refractivity contribution < 1.29 is 10.0 Å². The van der Waals surface area contributed by atoms with Gasteiger partial charge in [-0.05, 0) is 85.8 Å². The second-order valence-electron chi connectivity index (χ2n) is 9.11. The van der Waals surface area contributed by atoms with Gasteiger partial charge in [-0.1, -0.05) is 31.5 Å². The van der Waals surface area contributed by atoms with Gasteiger partial charge in [0, 0.05) is 12.1 Å². The predicted molar refractivity (Wildman–Crippen MR) is 102 cm³/mol. The maximum atomic E-state index is 11.8. The standard InChI is InChI=1S/C22H32N2O2/c1-2-19(22-10-15-7-16(11-22)9-17(8-15)12-22)14-23-13-18-5-3-4-6-20(18)21(25)24-26/h3-6,15-17,19,23,26H,2,7-14H2,1H3,(H,24,25). The molecule has 0 aromatic heterocycles. The van der Waals surface area contributed by atoms with Gasteiger partial charge in [-0.15, -0.1) is 0 Å². The average molecular weight is 357 g/mol. The third kappa shape index (κ3) is 3.29. The Bertz CT molecular complexity index is 622. The number of hydrogen-bond acceptors (Lipinski definition) is 3. The molecule has 3 N–H and O–H groups in total. The zero-order valence-corrected chi connectivity index (χ0v) is 15.8. The third-order valence-corrected chi connectivity index (χ3v) is 7.51. The highest BCUT2D eigenvalue weighted by molar-refractivity contribution is 5.94. The van der Waals surface area contributed by atoms with Crippen LogP contribution >= 0.6 is 0 Å². The first-order chi connectivity index (χ1) is 12.6. The van der Waals surface area contributed by atoms with Gasteiger partial charge < -0.3 is 5.32 Å². The Morgan fingerprint density at radius 2 is 1.77 bits per heavy atom. The summed E-state index contributed by atoms with van der Waals surface area (Å²) in [6.45, 7) is 4.04. The lowest BCUT2D eigenvalue weighted by atomic mass is 9.46. The average Bonchev–Trinajstić information content (AvgIpc) is 2.63. The molecule has 1 aromatic carbocycles. The molecule has 4 nitrogen and oxygen atoms in total. The van der Waals surface area contributed by atoms with Crippen LogP contribution in [0.25, 0.3) is 0 Å². The van der Waals surface area contributed by atoms with E-state index >= 15 is 0 Å². The zero-order valence-electron chi connectivity index (χ0n) is 15.8. The van der Waals surface area contributed by atoms with Crippen LogP contribution in [0.4, 0.5) is 0 Å². The van der Waals surface area contributed by atoms with Crippen LogP contribution in [0.1, 0.15) is 67.8 Å². The summed E-state index contributed by atoms with van der Waals surface area (Å²) < 4.78 is 0. The number of carbonyl (C=O) groups is 1. The van der Waals surface area contributed by atoms with Crippen LogP contribution in [0.5, 0.6) is 0 Å². The molecular weight excluding hydrogens is 324 g/mol. The van der Waals surface area contributed by atoms with Crippen LogP contribution in [0.2, 0.25) is 0 Å². The maximum Gasteiger partial charge on any atom is 0.274 e. The normalized spacial score (nSPS) is 33.2. The van der Waals surface area contributed by atoms with Crippen molar-refractivity contribution in [2.75, 3.05) is 6.54 Å². The van der Waals surface area contributed by atoms with Crippen molar-refractivity contribution in [2.24, 2.45) is 29.1 Å². The van der Waals surface area contributed by atoms with Gasteiger partial charge in [0.1, 0.15) is 0 Å². The van der Waals surface area contributed by atoms with E-state index in [2.05, 4.69) is 12.2 Å². The molecule has 4 heteroatoms. The molecule has 4 bridgehead atoms. The number of amides is 1. The van der Waals surface area contributed by atoms with Crippen LogP contribution in [0.3, 0.4) is 0 Å². The highest BCUT2D eigenvalue weighted by Gasteiger charge is 2.53. The van der Waals surface area contributed by atoms with Crippen molar-refractivity contribution in [1.29, 1.82) is 0 Å². The lowest BCUT2D eigenvalue weighted by Gasteiger charge is -2.59. The zero-order chi connectivity index (χ0) is 18.1. The highest BCUT2D eigenvalue weighted by Crippen LogP contribution is 2.63. The fourth-order valence-corrected chi connectivity index (χ4v) is 6.81. The largest absolute Gasteiger partial charge is 0.312 e. The molecular formula is C22H32N2O2. The molecule has 1 atom stereocenters.